The smallest absolute Gasteiger partial charge is 0.310 e. The van der Waals surface area contributed by atoms with Crippen LogP contribution in [0, 0.1) is 11.2 Å². The molecule has 1 aromatic heterocycles. The maximum absolute atomic E-state index is 13.3. The molecule has 0 saturated carbocycles. The van der Waals surface area contributed by atoms with Crippen LogP contribution in [0.3, 0.4) is 0 Å². The number of fused-ring (bicyclic) bond motifs is 1. The summed E-state index contributed by atoms with van der Waals surface area (Å²) in [6.07, 6.45) is 1.44. The summed E-state index contributed by atoms with van der Waals surface area (Å²) in [4.78, 5) is 16.1. The number of hydrogen-bond acceptors (Lipinski definition) is 2. The quantitative estimate of drug-likeness (QED) is 0.884. The molecule has 0 amide bonds. The summed E-state index contributed by atoms with van der Waals surface area (Å²) in [6.45, 7) is 6.43. The molecule has 0 aliphatic rings. The number of aromatic nitrogens is 2. The van der Waals surface area contributed by atoms with Gasteiger partial charge in [0.15, 0.2) is 0 Å². The number of carbonyl (C=O) groups is 1. The Morgan fingerprint density at radius 1 is 1.33 bits per heavy atom. The van der Waals surface area contributed by atoms with E-state index in [1.165, 1.54) is 12.1 Å². The van der Waals surface area contributed by atoms with E-state index in [9.17, 15) is 14.3 Å². The fourth-order valence-corrected chi connectivity index (χ4v) is 2.82. The monoisotopic (exact) mass is 292 g/mol. The number of nitrogens with zero attached hydrogens (tertiary/aromatic N) is 2. The summed E-state index contributed by atoms with van der Waals surface area (Å²) >= 11 is 0. The first-order chi connectivity index (χ1) is 9.97. The SMILES string of the molecule is CCn1c(CC(CC)(CC)C(=O)O)nc2cc(F)ccc21. The highest BCUT2D eigenvalue weighted by atomic mass is 19.1. The van der Waals surface area contributed by atoms with Gasteiger partial charge in [-0.25, -0.2) is 9.37 Å². The van der Waals surface area contributed by atoms with Crippen LogP contribution in [0.4, 0.5) is 4.39 Å². The second-order valence-corrected chi connectivity index (χ2v) is 5.37. The van der Waals surface area contributed by atoms with Crippen molar-refractivity contribution in [2.45, 2.75) is 46.6 Å². The van der Waals surface area contributed by atoms with Crippen molar-refractivity contribution < 1.29 is 14.3 Å². The van der Waals surface area contributed by atoms with Crippen molar-refractivity contribution in [2.24, 2.45) is 5.41 Å². The van der Waals surface area contributed by atoms with Crippen LogP contribution in [-0.2, 0) is 17.8 Å². The van der Waals surface area contributed by atoms with Crippen molar-refractivity contribution in [3.8, 4) is 0 Å². The van der Waals surface area contributed by atoms with Gasteiger partial charge < -0.3 is 9.67 Å². The van der Waals surface area contributed by atoms with Gasteiger partial charge in [0.2, 0.25) is 0 Å². The minimum absolute atomic E-state index is 0.328. The molecule has 0 aliphatic heterocycles. The van der Waals surface area contributed by atoms with Gasteiger partial charge in [-0.15, -0.1) is 0 Å². The maximum Gasteiger partial charge on any atom is 0.310 e. The van der Waals surface area contributed by atoms with Crippen LogP contribution in [-0.4, -0.2) is 20.6 Å². The first kappa shape index (κ1) is 15.5. The lowest BCUT2D eigenvalue weighted by Crippen LogP contribution is -2.33. The molecule has 4 nitrogen and oxygen atoms in total. The Hall–Kier alpha value is -1.91. The molecule has 114 valence electrons. The van der Waals surface area contributed by atoms with E-state index in [4.69, 9.17) is 0 Å². The van der Waals surface area contributed by atoms with E-state index in [1.807, 2.05) is 25.3 Å². The van der Waals surface area contributed by atoms with Gasteiger partial charge in [0, 0.05) is 19.0 Å². The molecule has 0 radical (unpaired) electrons. The minimum atomic E-state index is -0.813. The lowest BCUT2D eigenvalue weighted by Gasteiger charge is -2.26. The number of carboxylic acids is 1. The number of aryl methyl sites for hydroxylation is 1. The summed E-state index contributed by atoms with van der Waals surface area (Å²) in [5.74, 6) is -0.414. The van der Waals surface area contributed by atoms with E-state index in [2.05, 4.69) is 4.98 Å². The third-order valence-corrected chi connectivity index (χ3v) is 4.41. The Morgan fingerprint density at radius 3 is 2.52 bits per heavy atom. The van der Waals surface area contributed by atoms with Gasteiger partial charge in [-0.3, -0.25) is 4.79 Å². The van der Waals surface area contributed by atoms with Gasteiger partial charge in [0.25, 0.3) is 0 Å². The fourth-order valence-electron chi connectivity index (χ4n) is 2.82. The Morgan fingerprint density at radius 2 is 2.00 bits per heavy atom. The van der Waals surface area contributed by atoms with E-state index < -0.39 is 11.4 Å². The van der Waals surface area contributed by atoms with E-state index in [0.29, 0.717) is 37.1 Å². The summed E-state index contributed by atoms with van der Waals surface area (Å²) in [6, 6.07) is 4.50. The van der Waals surface area contributed by atoms with Gasteiger partial charge >= 0.3 is 5.97 Å². The average molecular weight is 292 g/mol. The Labute approximate surface area is 123 Å². The zero-order valence-corrected chi connectivity index (χ0v) is 12.7. The summed E-state index contributed by atoms with van der Waals surface area (Å²) in [7, 11) is 0. The number of imidazole rings is 1. The topological polar surface area (TPSA) is 55.1 Å². The largest absolute Gasteiger partial charge is 0.481 e. The van der Waals surface area contributed by atoms with Crippen LogP contribution in [0.25, 0.3) is 11.0 Å². The van der Waals surface area contributed by atoms with Crippen LogP contribution >= 0.6 is 0 Å². The highest BCUT2D eigenvalue weighted by molar-refractivity contribution is 5.77. The molecule has 21 heavy (non-hydrogen) atoms. The van der Waals surface area contributed by atoms with Crippen molar-refractivity contribution in [2.75, 3.05) is 0 Å². The normalized spacial score (nSPS) is 12.0. The molecule has 0 fully saturated rings. The van der Waals surface area contributed by atoms with E-state index in [0.717, 1.165) is 5.52 Å². The highest BCUT2D eigenvalue weighted by Gasteiger charge is 2.36. The third-order valence-electron chi connectivity index (χ3n) is 4.41. The molecule has 1 N–H and O–H groups in total. The second-order valence-electron chi connectivity index (χ2n) is 5.37. The van der Waals surface area contributed by atoms with Crippen molar-refractivity contribution in [1.82, 2.24) is 9.55 Å². The number of aliphatic carboxylic acids is 1. The van der Waals surface area contributed by atoms with Gasteiger partial charge in [-0.2, -0.15) is 0 Å². The van der Waals surface area contributed by atoms with Gasteiger partial charge in [0.05, 0.1) is 16.4 Å². The van der Waals surface area contributed by atoms with Crippen molar-refractivity contribution in [1.29, 1.82) is 0 Å². The average Bonchev–Trinajstić information content (AvgIpc) is 2.80. The fraction of sp³-hybridized carbons (Fsp3) is 0.500. The minimum Gasteiger partial charge on any atom is -0.481 e. The molecular formula is C16H21FN2O2. The molecule has 0 saturated heterocycles. The molecule has 1 aromatic carbocycles. The molecule has 5 heteroatoms. The highest BCUT2D eigenvalue weighted by Crippen LogP contribution is 2.32. The molecule has 2 rings (SSSR count). The maximum atomic E-state index is 13.3. The Balaban J connectivity index is 2.53. The zero-order chi connectivity index (χ0) is 15.6. The number of benzene rings is 1. The van der Waals surface area contributed by atoms with Crippen molar-refractivity contribution in [3.63, 3.8) is 0 Å². The first-order valence-electron chi connectivity index (χ1n) is 7.35. The summed E-state index contributed by atoms with van der Waals surface area (Å²) in [5, 5.41) is 9.57. The van der Waals surface area contributed by atoms with Crippen LogP contribution in [0.5, 0.6) is 0 Å². The lowest BCUT2D eigenvalue weighted by molar-refractivity contribution is -0.149. The van der Waals surface area contributed by atoms with E-state index >= 15 is 0 Å². The van der Waals surface area contributed by atoms with Crippen LogP contribution in [0.1, 0.15) is 39.4 Å². The summed E-state index contributed by atoms with van der Waals surface area (Å²) in [5.41, 5.74) is 0.617. The molecule has 0 bridgehead atoms. The zero-order valence-electron chi connectivity index (χ0n) is 12.7. The molecule has 0 unspecified atom stereocenters. The predicted molar refractivity (Wildman–Crippen MR) is 79.7 cm³/mol. The predicted octanol–water partition coefficient (Wildman–Crippen LogP) is 3.63. The van der Waals surface area contributed by atoms with Gasteiger partial charge in [0.1, 0.15) is 11.6 Å². The van der Waals surface area contributed by atoms with E-state index in [1.54, 1.807) is 6.07 Å². The lowest BCUT2D eigenvalue weighted by atomic mass is 9.79. The molecular weight excluding hydrogens is 271 g/mol. The van der Waals surface area contributed by atoms with Gasteiger partial charge in [-0.1, -0.05) is 13.8 Å². The van der Waals surface area contributed by atoms with E-state index in [-0.39, 0.29) is 5.82 Å². The Kier molecular flexibility index (Phi) is 4.30. The number of carboxylic acid groups (broad SMARTS) is 1. The molecule has 0 atom stereocenters. The third kappa shape index (κ3) is 2.64. The summed E-state index contributed by atoms with van der Waals surface area (Å²) < 4.78 is 15.3. The second kappa shape index (κ2) is 5.84. The molecule has 1 heterocycles. The van der Waals surface area contributed by atoms with Gasteiger partial charge in [-0.05, 0) is 31.9 Å². The standard InChI is InChI=1S/C16H21FN2O2/c1-4-16(5-2,15(20)21)10-14-18-12-9-11(17)7-8-13(12)19(14)6-3/h7-9H,4-6,10H2,1-3H3,(H,20,21). The Bertz CT molecular complexity index is 660. The van der Waals surface area contributed by atoms with Crippen LogP contribution in [0.15, 0.2) is 18.2 Å². The van der Waals surface area contributed by atoms with Crippen LogP contribution < -0.4 is 0 Å². The molecule has 0 aliphatic carbocycles. The molecule has 2 aromatic rings. The van der Waals surface area contributed by atoms with Crippen molar-refractivity contribution in [3.05, 3.63) is 29.8 Å². The number of rotatable bonds is 6. The van der Waals surface area contributed by atoms with Crippen LogP contribution in [0.2, 0.25) is 0 Å². The number of hydrogen-bond donors (Lipinski definition) is 1. The van der Waals surface area contributed by atoms with Crippen molar-refractivity contribution >= 4 is 17.0 Å². The first-order valence-corrected chi connectivity index (χ1v) is 7.35. The molecule has 0 spiro atoms. The number of halogens is 1.